The molecule has 2 aliphatic heterocycles. The van der Waals surface area contributed by atoms with Crippen molar-refractivity contribution < 1.29 is 23.7 Å². The summed E-state index contributed by atoms with van der Waals surface area (Å²) in [5, 5.41) is 0. The maximum atomic E-state index is 14.2. The summed E-state index contributed by atoms with van der Waals surface area (Å²) in [6.45, 7) is 11.1. The van der Waals surface area contributed by atoms with Gasteiger partial charge in [-0.3, -0.25) is 9.36 Å². The van der Waals surface area contributed by atoms with Gasteiger partial charge in [-0.1, -0.05) is 11.3 Å². The van der Waals surface area contributed by atoms with Gasteiger partial charge in [-0.2, -0.15) is 0 Å². The lowest BCUT2D eigenvalue weighted by Crippen LogP contribution is -2.40. The summed E-state index contributed by atoms with van der Waals surface area (Å²) in [4.78, 5) is 35.1. The summed E-state index contributed by atoms with van der Waals surface area (Å²) in [6.07, 6.45) is 1.91. The normalized spacial score (nSPS) is 16.7. The Labute approximate surface area is 271 Å². The number of morpholine rings is 1. The molecule has 4 heterocycles. The van der Waals surface area contributed by atoms with Crippen LogP contribution in [0.2, 0.25) is 0 Å². The lowest BCUT2D eigenvalue weighted by molar-refractivity contribution is -0.139. The van der Waals surface area contributed by atoms with Crippen LogP contribution >= 0.6 is 11.3 Å². The summed E-state index contributed by atoms with van der Waals surface area (Å²) in [5.41, 5.74) is 6.39. The number of nitrogens with zero attached hydrogens (tertiary/aromatic N) is 4. The van der Waals surface area contributed by atoms with Crippen LogP contribution in [0.3, 0.4) is 0 Å². The van der Waals surface area contributed by atoms with Gasteiger partial charge in [0, 0.05) is 47.5 Å². The number of rotatable bonds is 8. The van der Waals surface area contributed by atoms with E-state index >= 15 is 0 Å². The first kappa shape index (κ1) is 31.4. The molecule has 0 bridgehead atoms. The molecule has 1 atom stereocenters. The van der Waals surface area contributed by atoms with Crippen LogP contribution in [0.5, 0.6) is 11.5 Å². The number of thiazole rings is 1. The number of esters is 1. The van der Waals surface area contributed by atoms with Gasteiger partial charge in [0.05, 0.1) is 49.8 Å². The number of ether oxygens (including phenoxy) is 4. The quantitative estimate of drug-likeness (QED) is 0.268. The fourth-order valence-corrected chi connectivity index (χ4v) is 7.27. The smallest absolute Gasteiger partial charge is 0.338 e. The van der Waals surface area contributed by atoms with Gasteiger partial charge in [0.1, 0.15) is 17.5 Å². The number of allylic oxidation sites excluding steroid dienone is 1. The van der Waals surface area contributed by atoms with Crippen molar-refractivity contribution in [1.82, 2.24) is 9.13 Å². The van der Waals surface area contributed by atoms with Gasteiger partial charge in [0.2, 0.25) is 0 Å². The fraction of sp³-hybridized carbons (Fsp3) is 0.343. The zero-order valence-corrected chi connectivity index (χ0v) is 27.8. The average molecular weight is 643 g/mol. The number of methoxy groups -OCH3 is 2. The molecule has 0 radical (unpaired) electrons. The van der Waals surface area contributed by atoms with E-state index in [1.807, 2.05) is 12.1 Å². The van der Waals surface area contributed by atoms with Gasteiger partial charge in [-0.15, -0.1) is 0 Å². The summed E-state index contributed by atoms with van der Waals surface area (Å²) in [6, 6.07) is 15.2. The zero-order chi connectivity index (χ0) is 32.5. The predicted octanol–water partition coefficient (Wildman–Crippen LogP) is 4.06. The van der Waals surface area contributed by atoms with Gasteiger partial charge < -0.3 is 28.4 Å². The van der Waals surface area contributed by atoms with Crippen LogP contribution < -0.4 is 29.3 Å². The van der Waals surface area contributed by atoms with Crippen LogP contribution in [0.1, 0.15) is 42.4 Å². The van der Waals surface area contributed by atoms with Crippen molar-refractivity contribution in [2.24, 2.45) is 4.99 Å². The third-order valence-corrected chi connectivity index (χ3v) is 9.48. The maximum absolute atomic E-state index is 14.2. The molecule has 0 amide bonds. The number of aryl methyl sites for hydroxylation is 1. The minimum absolute atomic E-state index is 0.193. The molecule has 1 saturated heterocycles. The van der Waals surface area contributed by atoms with E-state index in [0.29, 0.717) is 37.7 Å². The number of hydrogen-bond donors (Lipinski definition) is 0. The average Bonchev–Trinajstić information content (AvgIpc) is 3.53. The molecule has 2 aromatic carbocycles. The van der Waals surface area contributed by atoms with Crippen LogP contribution in [-0.2, 0) is 14.3 Å². The second-order valence-electron chi connectivity index (χ2n) is 11.2. The third-order valence-electron chi connectivity index (χ3n) is 8.49. The second kappa shape index (κ2) is 13.0. The number of hydrogen-bond acceptors (Lipinski definition) is 9. The van der Waals surface area contributed by atoms with Crippen molar-refractivity contribution in [2.75, 3.05) is 52.0 Å². The van der Waals surface area contributed by atoms with Crippen LogP contribution in [-0.4, -0.2) is 62.2 Å². The Morgan fingerprint density at radius 3 is 2.41 bits per heavy atom. The van der Waals surface area contributed by atoms with E-state index in [4.69, 9.17) is 23.9 Å². The molecule has 1 fully saturated rings. The SMILES string of the molecule is CCOC(=O)C1=C(C)N=c2s/c(=C\c3cc(C)n(-c4ccc(N5CCOCC5)cc4)c3C)c(=O)n2[C@H]1c1ccc(OC)cc1OC. The maximum Gasteiger partial charge on any atom is 0.338 e. The lowest BCUT2D eigenvalue weighted by atomic mass is 9.95. The molecule has 2 aromatic heterocycles. The number of benzene rings is 2. The Morgan fingerprint density at radius 2 is 1.74 bits per heavy atom. The van der Waals surface area contributed by atoms with Crippen molar-refractivity contribution in [2.45, 2.75) is 33.7 Å². The first-order valence-electron chi connectivity index (χ1n) is 15.3. The first-order chi connectivity index (χ1) is 22.2. The van der Waals surface area contributed by atoms with E-state index in [2.05, 4.69) is 53.6 Å². The molecule has 10 nitrogen and oxygen atoms in total. The molecule has 6 rings (SSSR count). The molecule has 4 aromatic rings. The molecular weight excluding hydrogens is 604 g/mol. The number of aromatic nitrogens is 2. The zero-order valence-electron chi connectivity index (χ0n) is 27.0. The molecule has 2 aliphatic rings. The first-order valence-corrected chi connectivity index (χ1v) is 16.1. The monoisotopic (exact) mass is 642 g/mol. The molecule has 240 valence electrons. The van der Waals surface area contributed by atoms with Crippen LogP contribution in [0.4, 0.5) is 5.69 Å². The molecule has 46 heavy (non-hydrogen) atoms. The molecule has 11 heteroatoms. The Hall–Kier alpha value is -4.61. The summed E-state index contributed by atoms with van der Waals surface area (Å²) in [5.74, 6) is 0.556. The fourth-order valence-electron chi connectivity index (χ4n) is 6.24. The van der Waals surface area contributed by atoms with E-state index in [9.17, 15) is 9.59 Å². The van der Waals surface area contributed by atoms with Crippen LogP contribution in [0.25, 0.3) is 11.8 Å². The van der Waals surface area contributed by atoms with E-state index in [1.165, 1.54) is 17.0 Å². The third kappa shape index (κ3) is 5.65. The number of carbonyl (C=O) groups is 1. The number of anilines is 1. The van der Waals surface area contributed by atoms with Crippen LogP contribution in [0, 0.1) is 13.8 Å². The second-order valence-corrected chi connectivity index (χ2v) is 12.2. The van der Waals surface area contributed by atoms with Crippen molar-refractivity contribution in [3.63, 3.8) is 0 Å². The van der Waals surface area contributed by atoms with E-state index < -0.39 is 12.0 Å². The predicted molar refractivity (Wildman–Crippen MR) is 178 cm³/mol. The highest BCUT2D eigenvalue weighted by Gasteiger charge is 2.35. The minimum atomic E-state index is -0.796. The van der Waals surface area contributed by atoms with Crippen molar-refractivity contribution >= 4 is 29.1 Å². The van der Waals surface area contributed by atoms with E-state index in [1.54, 1.807) is 44.8 Å². The Morgan fingerprint density at radius 1 is 1.02 bits per heavy atom. The van der Waals surface area contributed by atoms with Crippen molar-refractivity contribution in [3.8, 4) is 17.2 Å². The topological polar surface area (TPSA) is 96.5 Å². The molecule has 0 saturated carbocycles. The summed E-state index contributed by atoms with van der Waals surface area (Å²) >= 11 is 1.30. The van der Waals surface area contributed by atoms with Gasteiger partial charge >= 0.3 is 5.97 Å². The minimum Gasteiger partial charge on any atom is -0.497 e. The van der Waals surface area contributed by atoms with Gasteiger partial charge in [0.25, 0.3) is 5.56 Å². The highest BCUT2D eigenvalue weighted by molar-refractivity contribution is 7.07. The van der Waals surface area contributed by atoms with Gasteiger partial charge in [-0.05, 0) is 81.8 Å². The highest BCUT2D eigenvalue weighted by Crippen LogP contribution is 2.37. The Kier molecular flexibility index (Phi) is 8.88. The van der Waals surface area contributed by atoms with Gasteiger partial charge in [0.15, 0.2) is 4.80 Å². The molecule has 0 unspecified atom stereocenters. The van der Waals surface area contributed by atoms with Gasteiger partial charge in [-0.25, -0.2) is 9.79 Å². The Balaban J connectivity index is 1.44. The van der Waals surface area contributed by atoms with E-state index in [-0.39, 0.29) is 12.2 Å². The lowest BCUT2D eigenvalue weighted by Gasteiger charge is -2.29. The number of fused-ring (bicyclic) bond motifs is 1. The molecule has 0 N–H and O–H groups in total. The Bertz CT molecular complexity index is 2000. The van der Waals surface area contributed by atoms with Crippen molar-refractivity contribution in [3.05, 3.63) is 102 Å². The molecular formula is C35H38N4O6S. The highest BCUT2D eigenvalue weighted by atomic mass is 32.1. The largest absolute Gasteiger partial charge is 0.497 e. The molecule has 0 spiro atoms. The van der Waals surface area contributed by atoms with Crippen LogP contribution in [0.15, 0.2) is 69.6 Å². The van der Waals surface area contributed by atoms with E-state index in [0.717, 1.165) is 48.9 Å². The summed E-state index contributed by atoms with van der Waals surface area (Å²) in [7, 11) is 3.12. The van der Waals surface area contributed by atoms with Crippen molar-refractivity contribution in [1.29, 1.82) is 0 Å². The molecule has 0 aliphatic carbocycles. The summed E-state index contributed by atoms with van der Waals surface area (Å²) < 4.78 is 26.3. The number of carbonyl (C=O) groups excluding carboxylic acids is 1. The standard InChI is InChI=1S/C35H38N4O6S/c1-7-45-34(41)31-22(3)36-35-39(32(31)28-13-12-27(42-5)20-29(28)43-6)33(40)30(46-35)19-24-18-21(2)38(23(24)4)26-10-8-25(9-11-26)37-14-16-44-17-15-37/h8-13,18-20,32H,7,14-17H2,1-6H3/b30-19-/t32-/m0/s1.